The third kappa shape index (κ3) is 3.03. The number of aliphatic hydroxyl groups excluding tert-OH is 1. The molecule has 0 aliphatic carbocycles. The van der Waals surface area contributed by atoms with Gasteiger partial charge in [-0.1, -0.05) is 24.6 Å². The molecule has 0 unspecified atom stereocenters. The molecule has 6 heteroatoms. The number of halogens is 1. The number of nitrogens with zero attached hydrogens (tertiary/aromatic N) is 1. The maximum Gasteiger partial charge on any atom is 0.243 e. The first kappa shape index (κ1) is 15.4. The maximum atomic E-state index is 12.4. The van der Waals surface area contributed by atoms with Crippen molar-refractivity contribution in [1.29, 1.82) is 0 Å². The zero-order chi connectivity index (χ0) is 13.9. The molecule has 1 rings (SSSR count). The first-order valence-corrected chi connectivity index (χ1v) is 7.57. The van der Waals surface area contributed by atoms with Crippen molar-refractivity contribution in [3.05, 3.63) is 28.8 Å². The first-order valence-electron chi connectivity index (χ1n) is 5.75. The Balaban J connectivity index is 3.24. The zero-order valence-electron chi connectivity index (χ0n) is 10.7. The van der Waals surface area contributed by atoms with Crippen molar-refractivity contribution in [2.75, 3.05) is 6.54 Å². The highest BCUT2D eigenvalue weighted by molar-refractivity contribution is 7.89. The predicted molar refractivity (Wildman–Crippen MR) is 72.1 cm³/mol. The monoisotopic (exact) mass is 291 g/mol. The van der Waals surface area contributed by atoms with Crippen molar-refractivity contribution < 1.29 is 13.5 Å². The lowest BCUT2D eigenvalue weighted by molar-refractivity contribution is 0.282. The van der Waals surface area contributed by atoms with Gasteiger partial charge in [0.1, 0.15) is 0 Å². The minimum Gasteiger partial charge on any atom is -0.392 e. The molecule has 1 N–H and O–H groups in total. The van der Waals surface area contributed by atoms with Gasteiger partial charge in [-0.2, -0.15) is 4.31 Å². The van der Waals surface area contributed by atoms with E-state index in [1.54, 1.807) is 6.92 Å². The van der Waals surface area contributed by atoms with Crippen molar-refractivity contribution in [2.45, 2.75) is 38.3 Å². The molecule has 0 saturated heterocycles. The summed E-state index contributed by atoms with van der Waals surface area (Å²) in [4.78, 5) is 0.153. The summed E-state index contributed by atoms with van der Waals surface area (Å²) in [6.45, 7) is 5.64. The molecule has 0 fully saturated rings. The number of hydrogen-bond acceptors (Lipinski definition) is 3. The van der Waals surface area contributed by atoms with Gasteiger partial charge in [0.05, 0.1) is 11.5 Å². The van der Waals surface area contributed by atoms with Crippen LogP contribution in [-0.4, -0.2) is 30.4 Å². The molecule has 0 bridgehead atoms. The minimum absolute atomic E-state index is 0.115. The van der Waals surface area contributed by atoms with E-state index in [2.05, 4.69) is 0 Å². The SMILES string of the molecule is CCN(C(C)C)S(=O)(=O)c1ccc(CO)c(Cl)c1. The highest BCUT2D eigenvalue weighted by atomic mass is 35.5. The van der Waals surface area contributed by atoms with E-state index in [0.29, 0.717) is 12.1 Å². The van der Waals surface area contributed by atoms with Gasteiger partial charge in [0.15, 0.2) is 0 Å². The third-order valence-corrected chi connectivity index (χ3v) is 5.19. The Bertz CT molecular complexity index is 514. The van der Waals surface area contributed by atoms with Crippen LogP contribution in [0.5, 0.6) is 0 Å². The van der Waals surface area contributed by atoms with Crippen molar-refractivity contribution in [1.82, 2.24) is 4.31 Å². The van der Waals surface area contributed by atoms with E-state index in [-0.39, 0.29) is 22.6 Å². The molecular formula is C12H18ClNO3S. The van der Waals surface area contributed by atoms with Gasteiger partial charge >= 0.3 is 0 Å². The van der Waals surface area contributed by atoms with E-state index < -0.39 is 10.0 Å². The Kier molecular flexibility index (Phi) is 5.16. The lowest BCUT2D eigenvalue weighted by Gasteiger charge is -2.24. The Morgan fingerprint density at radius 2 is 2.00 bits per heavy atom. The summed E-state index contributed by atoms with van der Waals surface area (Å²) < 4.78 is 26.1. The van der Waals surface area contributed by atoms with Crippen molar-refractivity contribution in [3.63, 3.8) is 0 Å². The van der Waals surface area contributed by atoms with Crippen molar-refractivity contribution in [2.24, 2.45) is 0 Å². The van der Waals surface area contributed by atoms with E-state index in [9.17, 15) is 8.42 Å². The van der Waals surface area contributed by atoms with Crippen LogP contribution in [0.3, 0.4) is 0 Å². The topological polar surface area (TPSA) is 57.6 Å². The van der Waals surface area contributed by atoms with E-state index in [4.69, 9.17) is 16.7 Å². The van der Waals surface area contributed by atoms with Gasteiger partial charge in [0, 0.05) is 17.6 Å². The fourth-order valence-corrected chi connectivity index (χ4v) is 3.74. The second-order valence-electron chi connectivity index (χ2n) is 4.21. The number of aliphatic hydroxyl groups is 1. The minimum atomic E-state index is -3.53. The van der Waals surface area contributed by atoms with Crippen LogP contribution in [0, 0.1) is 0 Å². The zero-order valence-corrected chi connectivity index (χ0v) is 12.3. The molecule has 0 radical (unpaired) electrons. The normalized spacial score (nSPS) is 12.4. The van der Waals surface area contributed by atoms with Crippen LogP contribution < -0.4 is 0 Å². The highest BCUT2D eigenvalue weighted by Crippen LogP contribution is 2.24. The van der Waals surface area contributed by atoms with Crippen LogP contribution in [0.1, 0.15) is 26.3 Å². The summed E-state index contributed by atoms with van der Waals surface area (Å²) in [6, 6.07) is 4.27. The number of hydrogen-bond donors (Lipinski definition) is 1. The van der Waals surface area contributed by atoms with Gasteiger partial charge in [-0.05, 0) is 31.5 Å². The number of rotatable bonds is 5. The molecule has 1 aromatic rings. The van der Waals surface area contributed by atoms with Crippen molar-refractivity contribution in [3.8, 4) is 0 Å². The highest BCUT2D eigenvalue weighted by Gasteiger charge is 2.25. The second kappa shape index (κ2) is 6.02. The summed E-state index contributed by atoms with van der Waals surface area (Å²) in [6.07, 6.45) is 0. The van der Waals surface area contributed by atoms with E-state index in [1.165, 1.54) is 22.5 Å². The molecular weight excluding hydrogens is 274 g/mol. The van der Waals surface area contributed by atoms with Crippen LogP contribution in [0.15, 0.2) is 23.1 Å². The maximum absolute atomic E-state index is 12.4. The van der Waals surface area contributed by atoms with Crippen LogP contribution in [-0.2, 0) is 16.6 Å². The summed E-state index contributed by atoms with van der Waals surface area (Å²) >= 11 is 5.92. The molecule has 0 aliphatic heterocycles. The average molecular weight is 292 g/mol. The number of sulfonamides is 1. The Morgan fingerprint density at radius 1 is 1.39 bits per heavy atom. The van der Waals surface area contributed by atoms with Crippen LogP contribution in [0.2, 0.25) is 5.02 Å². The molecule has 0 amide bonds. The molecule has 0 aliphatic rings. The summed E-state index contributed by atoms with van der Waals surface area (Å²) in [5.74, 6) is 0. The van der Waals surface area contributed by atoms with Crippen LogP contribution >= 0.6 is 11.6 Å². The standard InChI is InChI=1S/C12H18ClNO3S/c1-4-14(9(2)3)18(16,17)11-6-5-10(8-15)12(13)7-11/h5-7,9,15H,4,8H2,1-3H3. The van der Waals surface area contributed by atoms with Crippen molar-refractivity contribution >= 4 is 21.6 Å². The lowest BCUT2D eigenvalue weighted by Crippen LogP contribution is -2.36. The van der Waals surface area contributed by atoms with E-state index in [1.807, 2.05) is 13.8 Å². The summed E-state index contributed by atoms with van der Waals surface area (Å²) in [5.41, 5.74) is 0.517. The molecule has 1 aromatic carbocycles. The first-order chi connectivity index (χ1) is 8.34. The van der Waals surface area contributed by atoms with Gasteiger partial charge in [-0.15, -0.1) is 0 Å². The Labute approximate surface area is 113 Å². The number of benzene rings is 1. The van der Waals surface area contributed by atoms with Gasteiger partial charge in [-0.3, -0.25) is 0 Å². The Morgan fingerprint density at radius 3 is 2.39 bits per heavy atom. The largest absolute Gasteiger partial charge is 0.392 e. The van der Waals surface area contributed by atoms with E-state index >= 15 is 0 Å². The predicted octanol–water partition coefficient (Wildman–Crippen LogP) is 2.25. The van der Waals surface area contributed by atoms with Gasteiger partial charge in [0.2, 0.25) is 10.0 Å². The summed E-state index contributed by atoms with van der Waals surface area (Å²) in [7, 11) is -3.53. The second-order valence-corrected chi connectivity index (χ2v) is 6.51. The fourth-order valence-electron chi connectivity index (χ4n) is 1.76. The third-order valence-electron chi connectivity index (χ3n) is 2.69. The molecule has 102 valence electrons. The van der Waals surface area contributed by atoms with Crippen LogP contribution in [0.25, 0.3) is 0 Å². The van der Waals surface area contributed by atoms with E-state index in [0.717, 1.165) is 0 Å². The molecule has 0 atom stereocenters. The molecule has 0 spiro atoms. The molecule has 4 nitrogen and oxygen atoms in total. The van der Waals surface area contributed by atoms with Gasteiger partial charge < -0.3 is 5.11 Å². The quantitative estimate of drug-likeness (QED) is 0.905. The fraction of sp³-hybridized carbons (Fsp3) is 0.500. The van der Waals surface area contributed by atoms with Crippen LogP contribution in [0.4, 0.5) is 0 Å². The Hall–Kier alpha value is -0.620. The molecule has 0 aromatic heterocycles. The smallest absolute Gasteiger partial charge is 0.243 e. The van der Waals surface area contributed by atoms with Gasteiger partial charge in [-0.25, -0.2) is 8.42 Å². The lowest BCUT2D eigenvalue weighted by atomic mass is 10.2. The molecule has 18 heavy (non-hydrogen) atoms. The molecule has 0 heterocycles. The van der Waals surface area contributed by atoms with Gasteiger partial charge in [0.25, 0.3) is 0 Å². The summed E-state index contributed by atoms with van der Waals surface area (Å²) in [5, 5.41) is 9.27. The average Bonchev–Trinajstić information content (AvgIpc) is 2.28. The molecule has 0 saturated carbocycles.